The zero-order valence-corrected chi connectivity index (χ0v) is 16.0. The van der Waals surface area contributed by atoms with E-state index in [1.54, 1.807) is 0 Å². The molecule has 142 valence electrons. The Bertz CT molecular complexity index is 1210. The van der Waals surface area contributed by atoms with Gasteiger partial charge in [-0.3, -0.25) is 4.79 Å². The summed E-state index contributed by atoms with van der Waals surface area (Å²) in [4.78, 5) is 10.3. The highest BCUT2D eigenvalue weighted by Crippen LogP contribution is 2.39. The van der Waals surface area contributed by atoms with Crippen LogP contribution in [0.4, 0.5) is 0 Å². The van der Waals surface area contributed by atoms with Gasteiger partial charge in [0.15, 0.2) is 0 Å². The van der Waals surface area contributed by atoms with Gasteiger partial charge < -0.3 is 10.5 Å². The zero-order chi connectivity index (χ0) is 20.0. The molecule has 3 heteroatoms. The Morgan fingerprint density at radius 2 is 1.21 bits per heavy atom. The maximum atomic E-state index is 10.3. The quantitative estimate of drug-likeness (QED) is 0.193. The van der Waals surface area contributed by atoms with Crippen molar-refractivity contribution in [3.05, 3.63) is 84.9 Å². The number of rotatable bonds is 3. The second-order valence-electron chi connectivity index (χ2n) is 7.55. The SMILES string of the molecule is C=C(CC1CO1)C(N)=O.c1cc2cccc3c4cccc5cccc(c(c1)c23)c54. The molecule has 29 heavy (non-hydrogen) atoms. The average molecular weight is 379 g/mol. The summed E-state index contributed by atoms with van der Waals surface area (Å²) >= 11 is 0. The number of primary amides is 1. The predicted octanol–water partition coefficient (Wildman–Crippen LogP) is 5.55. The van der Waals surface area contributed by atoms with Crippen molar-refractivity contribution >= 4 is 49.0 Å². The molecular weight excluding hydrogens is 358 g/mol. The monoisotopic (exact) mass is 379 g/mol. The summed E-state index contributed by atoms with van der Waals surface area (Å²) in [5.41, 5.74) is 5.37. The van der Waals surface area contributed by atoms with Crippen LogP contribution >= 0.6 is 0 Å². The van der Waals surface area contributed by atoms with E-state index in [4.69, 9.17) is 10.5 Å². The molecule has 0 aromatic heterocycles. The van der Waals surface area contributed by atoms with Crippen molar-refractivity contribution in [3.8, 4) is 0 Å². The van der Waals surface area contributed by atoms with E-state index in [1.165, 1.54) is 43.1 Å². The molecule has 0 radical (unpaired) electrons. The number of nitrogens with two attached hydrogens (primary N) is 1. The molecule has 0 spiro atoms. The van der Waals surface area contributed by atoms with Crippen molar-refractivity contribution in [2.75, 3.05) is 6.61 Å². The highest BCUT2D eigenvalue weighted by atomic mass is 16.6. The molecule has 0 aliphatic carbocycles. The minimum absolute atomic E-state index is 0.213. The zero-order valence-electron chi connectivity index (χ0n) is 16.0. The fourth-order valence-electron chi connectivity index (χ4n) is 4.14. The van der Waals surface area contributed by atoms with E-state index in [-0.39, 0.29) is 6.10 Å². The van der Waals surface area contributed by atoms with Crippen LogP contribution in [0.2, 0.25) is 0 Å². The first-order valence-electron chi connectivity index (χ1n) is 9.77. The van der Waals surface area contributed by atoms with E-state index in [0.717, 1.165) is 6.61 Å². The third kappa shape index (κ3) is 3.10. The Hall–Kier alpha value is -3.43. The second-order valence-corrected chi connectivity index (χ2v) is 7.55. The Morgan fingerprint density at radius 3 is 1.52 bits per heavy atom. The van der Waals surface area contributed by atoms with Crippen LogP contribution in [-0.4, -0.2) is 18.6 Å². The molecule has 1 heterocycles. The molecule has 0 saturated carbocycles. The van der Waals surface area contributed by atoms with Gasteiger partial charge >= 0.3 is 0 Å². The van der Waals surface area contributed by atoms with Gasteiger partial charge in [0.2, 0.25) is 5.91 Å². The minimum atomic E-state index is -0.425. The second kappa shape index (κ2) is 6.87. The topological polar surface area (TPSA) is 55.6 Å². The molecule has 1 unspecified atom stereocenters. The largest absolute Gasteiger partial charge is 0.373 e. The van der Waals surface area contributed by atoms with Gasteiger partial charge in [-0.25, -0.2) is 0 Å². The van der Waals surface area contributed by atoms with Gasteiger partial charge in [0, 0.05) is 12.0 Å². The summed E-state index contributed by atoms with van der Waals surface area (Å²) < 4.78 is 4.86. The first kappa shape index (κ1) is 17.7. The number of carbonyl (C=O) groups excluding carboxylic acids is 1. The molecule has 2 N–H and O–H groups in total. The van der Waals surface area contributed by atoms with Gasteiger partial charge in [0.25, 0.3) is 0 Å². The summed E-state index contributed by atoms with van der Waals surface area (Å²) in [6.07, 6.45) is 0.806. The summed E-state index contributed by atoms with van der Waals surface area (Å²) in [5, 5.41) is 10.9. The number of amides is 1. The molecule has 1 fully saturated rings. The van der Waals surface area contributed by atoms with Crippen LogP contribution in [0.3, 0.4) is 0 Å². The Kier molecular flexibility index (Phi) is 4.18. The van der Waals surface area contributed by atoms with E-state index in [1.807, 2.05) is 0 Å². The van der Waals surface area contributed by atoms with Crippen LogP contribution in [0.5, 0.6) is 0 Å². The van der Waals surface area contributed by atoms with Gasteiger partial charge in [0.05, 0.1) is 12.7 Å². The van der Waals surface area contributed by atoms with Gasteiger partial charge in [-0.15, -0.1) is 0 Å². The number of carbonyl (C=O) groups is 1. The number of hydrogen-bond donors (Lipinski definition) is 1. The van der Waals surface area contributed by atoms with E-state index in [9.17, 15) is 4.79 Å². The molecule has 5 aromatic carbocycles. The van der Waals surface area contributed by atoms with E-state index in [2.05, 4.69) is 79.4 Å². The van der Waals surface area contributed by atoms with Crippen molar-refractivity contribution < 1.29 is 9.53 Å². The first-order chi connectivity index (χ1) is 14.1. The number of fused-ring (bicyclic) bond motifs is 2. The van der Waals surface area contributed by atoms with Crippen LogP contribution in [0.15, 0.2) is 84.9 Å². The van der Waals surface area contributed by atoms with Gasteiger partial charge in [-0.2, -0.15) is 0 Å². The highest BCUT2D eigenvalue weighted by Gasteiger charge is 2.24. The molecule has 1 aliphatic heterocycles. The first-order valence-corrected chi connectivity index (χ1v) is 9.77. The van der Waals surface area contributed by atoms with E-state index < -0.39 is 5.91 Å². The maximum Gasteiger partial charge on any atom is 0.244 e. The Morgan fingerprint density at radius 1 is 0.828 bits per heavy atom. The van der Waals surface area contributed by atoms with E-state index >= 15 is 0 Å². The molecule has 6 rings (SSSR count). The molecule has 0 bridgehead atoms. The van der Waals surface area contributed by atoms with Crippen molar-refractivity contribution in [2.45, 2.75) is 12.5 Å². The van der Waals surface area contributed by atoms with Crippen molar-refractivity contribution in [1.82, 2.24) is 0 Å². The lowest BCUT2D eigenvalue weighted by atomic mass is 9.90. The Balaban J connectivity index is 0.000000171. The van der Waals surface area contributed by atoms with Crippen LogP contribution < -0.4 is 5.73 Å². The summed E-state index contributed by atoms with van der Waals surface area (Å²) in [6, 6.07) is 26.4. The standard InChI is InChI=1S/C20H12.C6H9NO2/c1-5-13-6-2-11-17-18-12-4-8-14-7-3-10-16(20(14)18)15(9-1)19(13)17;1-4(6(7)8)2-5-3-9-5/h1-12H;5H,1-3H2,(H2,7,8). The van der Waals surface area contributed by atoms with Crippen molar-refractivity contribution in [3.63, 3.8) is 0 Å². The molecule has 1 aliphatic rings. The molecule has 3 nitrogen and oxygen atoms in total. The lowest BCUT2D eigenvalue weighted by molar-refractivity contribution is -0.114. The number of epoxide rings is 1. The lowest BCUT2D eigenvalue weighted by Gasteiger charge is -2.13. The smallest absolute Gasteiger partial charge is 0.244 e. The van der Waals surface area contributed by atoms with Gasteiger partial charge in [-0.1, -0.05) is 79.4 Å². The fourth-order valence-corrected chi connectivity index (χ4v) is 4.14. The molecule has 1 saturated heterocycles. The number of ether oxygens (including phenoxy) is 1. The van der Waals surface area contributed by atoms with Gasteiger partial charge in [-0.05, 0) is 43.1 Å². The van der Waals surface area contributed by atoms with Crippen LogP contribution in [-0.2, 0) is 9.53 Å². The van der Waals surface area contributed by atoms with Gasteiger partial charge in [0.1, 0.15) is 0 Å². The molecule has 1 amide bonds. The fraction of sp³-hybridized carbons (Fsp3) is 0.115. The summed E-state index contributed by atoms with van der Waals surface area (Å²) in [7, 11) is 0. The molecule has 1 atom stereocenters. The molecule has 5 aromatic rings. The number of hydrogen-bond acceptors (Lipinski definition) is 2. The predicted molar refractivity (Wildman–Crippen MR) is 120 cm³/mol. The normalized spacial score (nSPS) is 15.5. The molecular formula is C26H21NO2. The van der Waals surface area contributed by atoms with E-state index in [0.29, 0.717) is 12.0 Å². The Labute approximate surface area is 168 Å². The van der Waals surface area contributed by atoms with Crippen LogP contribution in [0, 0.1) is 0 Å². The van der Waals surface area contributed by atoms with Crippen LogP contribution in [0.1, 0.15) is 6.42 Å². The minimum Gasteiger partial charge on any atom is -0.373 e. The third-order valence-electron chi connectivity index (χ3n) is 5.61. The summed E-state index contributed by atoms with van der Waals surface area (Å²) in [6.45, 7) is 4.22. The van der Waals surface area contributed by atoms with Crippen LogP contribution in [0.25, 0.3) is 43.1 Å². The van der Waals surface area contributed by atoms with Crippen molar-refractivity contribution in [2.24, 2.45) is 5.73 Å². The van der Waals surface area contributed by atoms with Crippen molar-refractivity contribution in [1.29, 1.82) is 0 Å². The highest BCUT2D eigenvalue weighted by molar-refractivity contribution is 6.32. The lowest BCUT2D eigenvalue weighted by Crippen LogP contribution is -2.14. The third-order valence-corrected chi connectivity index (χ3v) is 5.61. The average Bonchev–Trinajstić information content (AvgIpc) is 3.56. The maximum absolute atomic E-state index is 10.3. The number of benzene rings is 5. The summed E-state index contributed by atoms with van der Waals surface area (Å²) in [5.74, 6) is -0.425.